The van der Waals surface area contributed by atoms with Gasteiger partial charge in [0.15, 0.2) is 6.10 Å². The molecule has 0 amide bonds. The zero-order valence-corrected chi connectivity index (χ0v) is 64.5. The summed E-state index contributed by atoms with van der Waals surface area (Å²) in [4.78, 5) is 37.8. The number of carbonyl (C=O) groups is 3. The number of rotatable bonds is 77. The van der Waals surface area contributed by atoms with Crippen LogP contribution in [0.4, 0.5) is 0 Å². The van der Waals surface area contributed by atoms with Gasteiger partial charge in [-0.15, -0.1) is 0 Å². The van der Waals surface area contributed by atoms with Gasteiger partial charge in [-0.05, 0) is 89.9 Å². The molecule has 0 aromatic carbocycles. The highest BCUT2D eigenvalue weighted by atomic mass is 16.7. The van der Waals surface area contributed by atoms with E-state index >= 15 is 0 Å². The quantitative estimate of drug-likeness (QED) is 0.0211. The highest BCUT2D eigenvalue weighted by Gasteiger charge is 2.25. The molecule has 562 valence electrons. The van der Waals surface area contributed by atoms with Gasteiger partial charge in [-0.1, -0.05) is 381 Å². The van der Waals surface area contributed by atoms with Gasteiger partial charge >= 0.3 is 17.9 Å². The molecule has 0 aromatic rings. The molecule has 0 radical (unpaired) electrons. The molecule has 9 nitrogen and oxygen atoms in total. The molecule has 1 N–H and O–H groups in total. The second kappa shape index (κ2) is 77.9. The molecule has 0 heterocycles. The Hall–Kier alpha value is -3.79. The molecule has 0 saturated heterocycles. The smallest absolute Gasteiger partial charge is 0.361 e. The Morgan fingerprint density at radius 3 is 0.825 bits per heavy atom. The van der Waals surface area contributed by atoms with Crippen LogP contribution in [0.1, 0.15) is 386 Å². The lowest BCUT2D eigenvalue weighted by molar-refractivity contribution is -0.870. The van der Waals surface area contributed by atoms with Gasteiger partial charge < -0.3 is 28.5 Å². The third-order valence-corrected chi connectivity index (χ3v) is 18.3. The largest absolute Gasteiger partial charge is 0.477 e. The van der Waals surface area contributed by atoms with Crippen LogP contribution in [0.3, 0.4) is 0 Å². The summed E-state index contributed by atoms with van der Waals surface area (Å²) in [5.41, 5.74) is 0. The predicted octanol–water partition coefficient (Wildman–Crippen LogP) is 26.7. The van der Waals surface area contributed by atoms with Gasteiger partial charge in [-0.2, -0.15) is 0 Å². The van der Waals surface area contributed by atoms with Crippen LogP contribution in [0.5, 0.6) is 0 Å². The van der Waals surface area contributed by atoms with Crippen LogP contribution in [0.25, 0.3) is 0 Å². The van der Waals surface area contributed by atoms with E-state index in [0.717, 1.165) is 89.9 Å². The minimum absolute atomic E-state index is 0.178. The molecule has 0 aliphatic carbocycles. The number of hydrogen-bond acceptors (Lipinski definition) is 7. The number of carboxylic acids is 1. The summed E-state index contributed by atoms with van der Waals surface area (Å²) in [6.45, 7) is 4.71. The molecule has 2 atom stereocenters. The summed E-state index contributed by atoms with van der Waals surface area (Å²) in [6.07, 6.45) is 106. The molecule has 2 unspecified atom stereocenters. The average molecular weight is 1360 g/mol. The Kier molecular flexibility index (Phi) is 74.9. The molecule has 0 bridgehead atoms. The summed E-state index contributed by atoms with van der Waals surface area (Å²) in [5.74, 6) is -1.98. The van der Waals surface area contributed by atoms with E-state index in [0.29, 0.717) is 17.4 Å². The highest BCUT2D eigenvalue weighted by molar-refractivity contribution is 5.71. The number of allylic oxidation sites excluding steroid dienone is 16. The Bertz CT molecular complexity index is 1920. The van der Waals surface area contributed by atoms with Crippen molar-refractivity contribution in [1.82, 2.24) is 0 Å². The Labute approximate surface area is 601 Å². The maximum atomic E-state index is 13.0. The van der Waals surface area contributed by atoms with Gasteiger partial charge in [0.05, 0.1) is 34.4 Å². The normalized spacial score (nSPS) is 13.1. The van der Waals surface area contributed by atoms with Crippen molar-refractivity contribution < 1.29 is 42.9 Å². The SMILES string of the molecule is CC/C=C\C/C=C\C/C=C\C/C=C\CCCCCCCCCCCCCCCCCCCCCCCCCCC(=O)OC(COC(=O)CCCCCCCCCCCCCCCCCCCCCCCC/C=C\C/C=C\C/C=C\C/C=C\CC)COC(OCC[N+](C)(C)C)C(=O)O. The standard InChI is InChI=1S/C88H157NO8/c1-6-8-10-12-14-16-18-20-22-24-26-28-30-32-34-36-38-40-42-43-45-47-49-51-53-55-57-59-61-63-65-67-69-71-73-75-77-79-86(91)97-84(83-96-88(87(92)93)94-81-80-89(3,4)5)82-95-85(90)78-76-74-72-70-68-66-64-62-60-58-56-54-52-50-48-46-44-41-39-37-35-33-31-29-27-25-23-21-19-17-15-13-11-9-7-2/h8-11,14-17,20-23,26-29,84,88H,6-7,12-13,18-19,24-25,30-83H2,1-5H3/p+1/b10-8-,11-9-,16-14-,17-15-,22-20-,23-21-,28-26-,29-27-. The van der Waals surface area contributed by atoms with E-state index in [1.165, 1.54) is 270 Å². The van der Waals surface area contributed by atoms with Gasteiger partial charge in [-0.25, -0.2) is 4.79 Å². The van der Waals surface area contributed by atoms with E-state index in [2.05, 4.69) is 111 Å². The van der Waals surface area contributed by atoms with Gasteiger partial charge in [-0.3, -0.25) is 9.59 Å². The average Bonchev–Trinajstić information content (AvgIpc) is 3.11. The number of likely N-dealkylation sites (N-methyl/N-ethyl adjacent to an activating group) is 1. The number of unbranched alkanes of at least 4 members (excludes halogenated alkanes) is 46. The van der Waals surface area contributed by atoms with Gasteiger partial charge in [0.25, 0.3) is 6.29 Å². The molecule has 97 heavy (non-hydrogen) atoms. The van der Waals surface area contributed by atoms with Crippen molar-refractivity contribution >= 4 is 17.9 Å². The fourth-order valence-electron chi connectivity index (χ4n) is 12.1. The van der Waals surface area contributed by atoms with E-state index < -0.39 is 18.4 Å². The number of esters is 2. The fraction of sp³-hybridized carbons (Fsp3) is 0.784. The van der Waals surface area contributed by atoms with Crippen molar-refractivity contribution in [2.75, 3.05) is 47.5 Å². The Balaban J connectivity index is 3.95. The molecule has 0 fully saturated rings. The number of ether oxygens (including phenoxy) is 4. The van der Waals surface area contributed by atoms with E-state index in [4.69, 9.17) is 18.9 Å². The van der Waals surface area contributed by atoms with E-state index in [-0.39, 0.29) is 38.2 Å². The zero-order valence-electron chi connectivity index (χ0n) is 64.5. The van der Waals surface area contributed by atoms with Crippen LogP contribution in [0.15, 0.2) is 97.2 Å². The number of quaternary nitrogens is 1. The molecule has 9 heteroatoms. The van der Waals surface area contributed by atoms with Crippen molar-refractivity contribution in [2.45, 2.75) is 399 Å². The summed E-state index contributed by atoms with van der Waals surface area (Å²) >= 11 is 0. The Morgan fingerprint density at radius 2 is 0.557 bits per heavy atom. The van der Waals surface area contributed by atoms with Crippen LogP contribution in [0, 0.1) is 0 Å². The third kappa shape index (κ3) is 79.4. The second-order valence-electron chi connectivity index (χ2n) is 29.0. The van der Waals surface area contributed by atoms with Crippen molar-refractivity contribution in [1.29, 1.82) is 0 Å². The number of carboxylic acid groups (broad SMARTS) is 1. The van der Waals surface area contributed by atoms with Crippen molar-refractivity contribution in [3.05, 3.63) is 97.2 Å². The first-order valence-electron chi connectivity index (χ1n) is 41.4. The van der Waals surface area contributed by atoms with Crippen LogP contribution in [-0.2, 0) is 33.3 Å². The maximum Gasteiger partial charge on any atom is 0.361 e. The molecule has 0 aromatic heterocycles. The third-order valence-electron chi connectivity index (χ3n) is 18.3. The van der Waals surface area contributed by atoms with E-state index in [9.17, 15) is 19.5 Å². The van der Waals surface area contributed by atoms with E-state index in [1.807, 2.05) is 21.1 Å². The first kappa shape index (κ1) is 93.2. The van der Waals surface area contributed by atoms with Gasteiger partial charge in [0.2, 0.25) is 0 Å². The summed E-state index contributed by atoms with van der Waals surface area (Å²) in [5, 5.41) is 9.78. The zero-order chi connectivity index (χ0) is 70.4. The van der Waals surface area contributed by atoms with Crippen LogP contribution in [-0.4, -0.2) is 87.4 Å². The summed E-state index contributed by atoms with van der Waals surface area (Å²) in [6, 6.07) is 0. The lowest BCUT2D eigenvalue weighted by Gasteiger charge is -2.25. The molecule has 0 saturated carbocycles. The van der Waals surface area contributed by atoms with Crippen molar-refractivity contribution in [3.63, 3.8) is 0 Å². The lowest BCUT2D eigenvalue weighted by atomic mass is 10.0. The van der Waals surface area contributed by atoms with Crippen LogP contribution >= 0.6 is 0 Å². The topological polar surface area (TPSA) is 108 Å². The molecule has 0 rings (SSSR count). The number of hydrogen-bond donors (Lipinski definition) is 1. The second-order valence-corrected chi connectivity index (χ2v) is 29.0. The minimum Gasteiger partial charge on any atom is -0.477 e. The van der Waals surface area contributed by atoms with Crippen LogP contribution < -0.4 is 0 Å². The first-order chi connectivity index (χ1) is 47.6. The summed E-state index contributed by atoms with van der Waals surface area (Å²) < 4.78 is 23.1. The van der Waals surface area contributed by atoms with Gasteiger partial charge in [0.1, 0.15) is 13.2 Å². The molecule has 0 spiro atoms. The maximum absolute atomic E-state index is 13.0. The van der Waals surface area contributed by atoms with Gasteiger partial charge in [0, 0.05) is 12.8 Å². The Morgan fingerprint density at radius 1 is 0.309 bits per heavy atom. The predicted molar refractivity (Wildman–Crippen MR) is 419 cm³/mol. The van der Waals surface area contributed by atoms with Crippen LogP contribution in [0.2, 0.25) is 0 Å². The number of nitrogens with zero attached hydrogens (tertiary/aromatic N) is 1. The monoisotopic (exact) mass is 1360 g/mol. The fourth-order valence-corrected chi connectivity index (χ4v) is 12.1. The minimum atomic E-state index is -1.51. The molecule has 0 aliphatic heterocycles. The van der Waals surface area contributed by atoms with Crippen molar-refractivity contribution in [2.24, 2.45) is 0 Å². The number of carbonyl (C=O) groups excluding carboxylic acids is 2. The molecular weight excluding hydrogens is 1200 g/mol. The number of aliphatic carboxylic acids is 1. The van der Waals surface area contributed by atoms with E-state index in [1.54, 1.807) is 0 Å². The first-order valence-corrected chi connectivity index (χ1v) is 41.4. The lowest BCUT2D eigenvalue weighted by Crippen LogP contribution is -2.40. The van der Waals surface area contributed by atoms with Crippen molar-refractivity contribution in [3.8, 4) is 0 Å². The summed E-state index contributed by atoms with van der Waals surface area (Å²) in [7, 11) is 6.00. The molecule has 0 aliphatic rings. The molecular formula is C88H158NO8+. The highest BCUT2D eigenvalue weighted by Crippen LogP contribution is 2.20.